The van der Waals surface area contributed by atoms with Crippen LogP contribution in [0.1, 0.15) is 116 Å². The Morgan fingerprint density at radius 2 is 1.00 bits per heavy atom. The lowest BCUT2D eigenvalue weighted by Gasteiger charge is -2.04. The number of hydrogen-bond donors (Lipinski definition) is 2. The molecule has 0 aromatic heterocycles. The van der Waals surface area contributed by atoms with Crippen LogP contribution in [0.15, 0.2) is 12.2 Å². The molecule has 0 heterocycles. The third-order valence-corrected chi connectivity index (χ3v) is 4.88. The van der Waals surface area contributed by atoms with Crippen LogP contribution in [-0.2, 0) is 0 Å². The van der Waals surface area contributed by atoms with Gasteiger partial charge in [-0.2, -0.15) is 0 Å². The van der Waals surface area contributed by atoms with Crippen LogP contribution in [0.4, 0.5) is 0 Å². The zero-order valence-corrected chi connectivity index (χ0v) is 17.2. The Hall–Kier alpha value is -0.340. The highest BCUT2D eigenvalue weighted by Crippen LogP contribution is 2.11. The second kappa shape index (κ2) is 23.7. The van der Waals surface area contributed by atoms with E-state index in [9.17, 15) is 0 Å². The highest BCUT2D eigenvalue weighted by atomic mass is 16.3. The smallest absolute Gasteiger partial charge is 0.0443 e. The van der Waals surface area contributed by atoms with Gasteiger partial charge in [0.2, 0.25) is 0 Å². The Bertz CT molecular complexity index is 252. The number of aliphatic hydroxyl groups is 1. The molecule has 0 radical (unpaired) electrons. The SMILES string of the molecule is CCCCCCCC/C=C\CCCCCCCCCCNCCCO. The van der Waals surface area contributed by atoms with Crippen LogP contribution in [0.3, 0.4) is 0 Å². The summed E-state index contributed by atoms with van der Waals surface area (Å²) in [6, 6.07) is 0. The largest absolute Gasteiger partial charge is 0.396 e. The van der Waals surface area contributed by atoms with Crippen molar-refractivity contribution in [3.8, 4) is 0 Å². The fraction of sp³-hybridized carbons (Fsp3) is 0.913. The van der Waals surface area contributed by atoms with Gasteiger partial charge in [-0.25, -0.2) is 0 Å². The van der Waals surface area contributed by atoms with E-state index in [2.05, 4.69) is 24.4 Å². The van der Waals surface area contributed by atoms with Gasteiger partial charge in [-0.15, -0.1) is 0 Å². The van der Waals surface area contributed by atoms with Crippen molar-refractivity contribution in [3.05, 3.63) is 12.2 Å². The predicted molar refractivity (Wildman–Crippen MR) is 113 cm³/mol. The van der Waals surface area contributed by atoms with E-state index in [1.54, 1.807) is 0 Å². The zero-order valence-electron chi connectivity index (χ0n) is 17.2. The summed E-state index contributed by atoms with van der Waals surface area (Å²) >= 11 is 0. The average molecular weight is 354 g/mol. The van der Waals surface area contributed by atoms with Crippen molar-refractivity contribution in [3.63, 3.8) is 0 Å². The molecule has 0 saturated carbocycles. The number of allylic oxidation sites excluding steroid dienone is 2. The van der Waals surface area contributed by atoms with Crippen LogP contribution in [0.5, 0.6) is 0 Å². The molecule has 2 nitrogen and oxygen atoms in total. The average Bonchev–Trinajstić information content (AvgIpc) is 2.63. The van der Waals surface area contributed by atoms with Gasteiger partial charge in [0, 0.05) is 6.61 Å². The first kappa shape index (κ1) is 24.7. The van der Waals surface area contributed by atoms with Crippen molar-refractivity contribution in [1.82, 2.24) is 5.32 Å². The van der Waals surface area contributed by atoms with Gasteiger partial charge in [-0.3, -0.25) is 0 Å². The van der Waals surface area contributed by atoms with Crippen LogP contribution in [-0.4, -0.2) is 24.8 Å². The molecule has 0 aliphatic heterocycles. The van der Waals surface area contributed by atoms with Crippen molar-refractivity contribution >= 4 is 0 Å². The number of rotatable bonds is 21. The van der Waals surface area contributed by atoms with Crippen LogP contribution >= 0.6 is 0 Å². The van der Waals surface area contributed by atoms with E-state index in [1.807, 2.05) is 0 Å². The maximum Gasteiger partial charge on any atom is 0.0443 e. The van der Waals surface area contributed by atoms with Gasteiger partial charge in [-0.05, 0) is 51.6 Å². The first-order valence-electron chi connectivity index (χ1n) is 11.4. The number of hydrogen-bond acceptors (Lipinski definition) is 2. The molecule has 150 valence electrons. The third kappa shape index (κ3) is 23.7. The second-order valence-corrected chi connectivity index (χ2v) is 7.47. The quantitative estimate of drug-likeness (QED) is 0.176. The van der Waals surface area contributed by atoms with Crippen molar-refractivity contribution in [2.75, 3.05) is 19.7 Å². The summed E-state index contributed by atoms with van der Waals surface area (Å²) < 4.78 is 0. The first-order valence-corrected chi connectivity index (χ1v) is 11.4. The van der Waals surface area contributed by atoms with E-state index < -0.39 is 0 Å². The van der Waals surface area contributed by atoms with Gasteiger partial charge in [0.25, 0.3) is 0 Å². The van der Waals surface area contributed by atoms with Crippen LogP contribution in [0.25, 0.3) is 0 Å². The minimum atomic E-state index is 0.307. The van der Waals surface area contributed by atoms with Gasteiger partial charge in [0.1, 0.15) is 0 Å². The molecule has 0 rings (SSSR count). The molecule has 0 saturated heterocycles. The molecule has 0 fully saturated rings. The van der Waals surface area contributed by atoms with E-state index in [0.29, 0.717) is 6.61 Å². The fourth-order valence-corrected chi connectivity index (χ4v) is 3.18. The highest BCUT2D eigenvalue weighted by molar-refractivity contribution is 4.81. The van der Waals surface area contributed by atoms with Crippen LogP contribution < -0.4 is 5.32 Å². The lowest BCUT2D eigenvalue weighted by Crippen LogP contribution is -2.17. The van der Waals surface area contributed by atoms with Gasteiger partial charge < -0.3 is 10.4 Å². The molecule has 0 bridgehead atoms. The lowest BCUT2D eigenvalue weighted by atomic mass is 10.1. The number of unbranched alkanes of at least 4 members (excludes halogenated alkanes) is 14. The summed E-state index contributed by atoms with van der Waals surface area (Å²) in [6.45, 7) is 4.67. The maximum atomic E-state index is 8.68. The number of nitrogens with one attached hydrogen (secondary N) is 1. The molecule has 0 aliphatic carbocycles. The summed E-state index contributed by atoms with van der Waals surface area (Å²) in [5.41, 5.74) is 0. The molecule has 0 aliphatic rings. The first-order chi connectivity index (χ1) is 12.4. The number of aliphatic hydroxyl groups excluding tert-OH is 1. The van der Waals surface area contributed by atoms with Crippen molar-refractivity contribution in [2.24, 2.45) is 0 Å². The van der Waals surface area contributed by atoms with E-state index in [4.69, 9.17) is 5.11 Å². The molecule has 0 unspecified atom stereocenters. The molecule has 0 spiro atoms. The zero-order chi connectivity index (χ0) is 18.3. The Morgan fingerprint density at radius 3 is 1.52 bits per heavy atom. The topological polar surface area (TPSA) is 32.3 Å². The predicted octanol–water partition coefficient (Wildman–Crippen LogP) is 6.78. The van der Waals surface area contributed by atoms with Gasteiger partial charge in [0.05, 0.1) is 0 Å². The van der Waals surface area contributed by atoms with E-state index in [-0.39, 0.29) is 0 Å². The van der Waals surface area contributed by atoms with Crippen molar-refractivity contribution < 1.29 is 5.11 Å². The molecule has 2 heteroatoms. The summed E-state index contributed by atoms with van der Waals surface area (Å²) in [5.74, 6) is 0. The Balaban J connectivity index is 3.03. The van der Waals surface area contributed by atoms with Crippen LogP contribution in [0.2, 0.25) is 0 Å². The third-order valence-electron chi connectivity index (χ3n) is 4.88. The van der Waals surface area contributed by atoms with Gasteiger partial charge in [-0.1, -0.05) is 89.7 Å². The normalized spacial score (nSPS) is 11.6. The molecule has 2 N–H and O–H groups in total. The Kier molecular flexibility index (Phi) is 23.3. The molecule has 0 aromatic carbocycles. The Morgan fingerprint density at radius 1 is 0.560 bits per heavy atom. The second-order valence-electron chi connectivity index (χ2n) is 7.47. The van der Waals surface area contributed by atoms with Crippen LogP contribution in [0, 0.1) is 0 Å². The summed E-state index contributed by atoms with van der Waals surface area (Å²) in [4.78, 5) is 0. The standard InChI is InChI=1S/C23H47NO/c1-2-3-4-5-6-7-8-9-10-11-12-13-14-15-16-17-18-19-21-24-22-20-23-25/h9-10,24-25H,2-8,11-23H2,1H3/b10-9-. The molecular weight excluding hydrogens is 306 g/mol. The summed E-state index contributed by atoms with van der Waals surface area (Å²) in [7, 11) is 0. The molecule has 0 atom stereocenters. The molecule has 0 amide bonds. The van der Waals surface area contributed by atoms with Gasteiger partial charge >= 0.3 is 0 Å². The highest BCUT2D eigenvalue weighted by Gasteiger charge is 1.93. The van der Waals surface area contributed by atoms with Crippen molar-refractivity contribution in [2.45, 2.75) is 116 Å². The monoisotopic (exact) mass is 353 g/mol. The maximum absolute atomic E-state index is 8.68. The molecule has 0 aromatic rings. The van der Waals surface area contributed by atoms with Crippen molar-refractivity contribution in [1.29, 1.82) is 0 Å². The minimum Gasteiger partial charge on any atom is -0.396 e. The summed E-state index contributed by atoms with van der Waals surface area (Å²) in [5, 5.41) is 12.1. The van der Waals surface area contributed by atoms with E-state index in [0.717, 1.165) is 19.5 Å². The Labute approximate surface area is 158 Å². The molecule has 25 heavy (non-hydrogen) atoms. The van der Waals surface area contributed by atoms with E-state index in [1.165, 1.54) is 103 Å². The minimum absolute atomic E-state index is 0.307. The lowest BCUT2D eigenvalue weighted by molar-refractivity contribution is 0.286. The van der Waals surface area contributed by atoms with E-state index >= 15 is 0 Å². The molecular formula is C23H47NO. The summed E-state index contributed by atoms with van der Waals surface area (Å²) in [6.07, 6.45) is 27.8. The fourth-order valence-electron chi connectivity index (χ4n) is 3.18. The van der Waals surface area contributed by atoms with Gasteiger partial charge in [0.15, 0.2) is 0 Å².